The van der Waals surface area contributed by atoms with E-state index in [9.17, 15) is 13.6 Å². The van der Waals surface area contributed by atoms with Gasteiger partial charge in [0.25, 0.3) is 0 Å². The lowest BCUT2D eigenvalue weighted by Crippen LogP contribution is -2.14. The van der Waals surface area contributed by atoms with Gasteiger partial charge < -0.3 is 9.47 Å². The van der Waals surface area contributed by atoms with E-state index in [-0.39, 0.29) is 18.8 Å². The molecule has 1 aromatic rings. The summed E-state index contributed by atoms with van der Waals surface area (Å²) in [4.78, 5) is 11.5. The van der Waals surface area contributed by atoms with Crippen LogP contribution >= 0.6 is 0 Å². The van der Waals surface area contributed by atoms with Crippen LogP contribution in [0.4, 0.5) is 8.78 Å². The highest BCUT2D eigenvalue weighted by Crippen LogP contribution is 2.10. The Kier molecular flexibility index (Phi) is 6.46. The number of halogens is 2. The minimum atomic E-state index is -0.743. The van der Waals surface area contributed by atoms with Crippen molar-refractivity contribution < 1.29 is 23.0 Å². The summed E-state index contributed by atoms with van der Waals surface area (Å²) in [6, 6.07) is 2.76. The molecule has 0 aromatic heterocycles. The van der Waals surface area contributed by atoms with E-state index in [1.165, 1.54) is 0 Å². The molecule has 5 heteroatoms. The first-order chi connectivity index (χ1) is 8.65. The van der Waals surface area contributed by atoms with E-state index in [2.05, 4.69) is 0 Å². The van der Waals surface area contributed by atoms with Crippen LogP contribution in [0.2, 0.25) is 0 Å². The van der Waals surface area contributed by atoms with Gasteiger partial charge in [-0.25, -0.2) is 8.78 Å². The normalized spacial score (nSPS) is 10.6. The van der Waals surface area contributed by atoms with Crippen molar-refractivity contribution >= 4 is 5.78 Å². The Hall–Kier alpha value is -1.33. The summed E-state index contributed by atoms with van der Waals surface area (Å²) in [6.45, 7) is 2.97. The van der Waals surface area contributed by atoms with Crippen LogP contribution in [-0.2, 0) is 9.47 Å². The molecule has 100 valence electrons. The highest BCUT2D eigenvalue weighted by atomic mass is 19.1. The number of carbonyl (C=O) groups excluding carboxylic acids is 1. The Balaban J connectivity index is 2.34. The molecule has 18 heavy (non-hydrogen) atoms. The number of ether oxygens (including phenoxy) is 2. The standard InChI is InChI=1S/C13H16F2O3/c1-2-5-17-6-7-18-9-13(16)11-8-10(14)3-4-12(11)15/h3-4,8H,2,5-7,9H2,1H3. The number of Topliss-reactive ketones (excluding diaryl/α,β-unsaturated/α-hetero) is 1. The van der Waals surface area contributed by atoms with E-state index in [1.54, 1.807) is 0 Å². The zero-order valence-electron chi connectivity index (χ0n) is 10.2. The second-order valence-electron chi connectivity index (χ2n) is 3.71. The third kappa shape index (κ3) is 4.89. The third-order valence-corrected chi connectivity index (χ3v) is 2.18. The molecular formula is C13H16F2O3. The van der Waals surface area contributed by atoms with Crippen molar-refractivity contribution in [2.75, 3.05) is 26.4 Å². The number of benzene rings is 1. The van der Waals surface area contributed by atoms with Gasteiger partial charge in [-0.3, -0.25) is 4.79 Å². The van der Waals surface area contributed by atoms with Crippen molar-refractivity contribution in [3.63, 3.8) is 0 Å². The fraction of sp³-hybridized carbons (Fsp3) is 0.462. The quantitative estimate of drug-likeness (QED) is 0.531. The highest BCUT2D eigenvalue weighted by Gasteiger charge is 2.12. The second-order valence-corrected chi connectivity index (χ2v) is 3.71. The van der Waals surface area contributed by atoms with Crippen molar-refractivity contribution in [1.29, 1.82) is 0 Å². The first-order valence-electron chi connectivity index (χ1n) is 5.79. The number of rotatable bonds is 8. The van der Waals surface area contributed by atoms with E-state index in [4.69, 9.17) is 9.47 Å². The van der Waals surface area contributed by atoms with Gasteiger partial charge in [0.15, 0.2) is 5.78 Å². The lowest BCUT2D eigenvalue weighted by molar-refractivity contribution is 0.0439. The molecule has 0 radical (unpaired) electrons. The maximum absolute atomic E-state index is 13.2. The van der Waals surface area contributed by atoms with Crippen molar-refractivity contribution in [3.8, 4) is 0 Å². The minimum Gasteiger partial charge on any atom is -0.379 e. The van der Waals surface area contributed by atoms with Crippen molar-refractivity contribution in [1.82, 2.24) is 0 Å². The predicted octanol–water partition coefficient (Wildman–Crippen LogP) is 2.59. The largest absolute Gasteiger partial charge is 0.379 e. The molecule has 0 saturated heterocycles. The lowest BCUT2D eigenvalue weighted by atomic mass is 10.1. The number of carbonyl (C=O) groups is 1. The smallest absolute Gasteiger partial charge is 0.191 e. The molecule has 0 unspecified atom stereocenters. The Morgan fingerprint density at radius 2 is 1.89 bits per heavy atom. The van der Waals surface area contributed by atoms with Crippen LogP contribution in [0.1, 0.15) is 23.7 Å². The molecule has 0 atom stereocenters. The Labute approximate surface area is 105 Å². The summed E-state index contributed by atoms with van der Waals surface area (Å²) in [7, 11) is 0. The average molecular weight is 258 g/mol. The maximum Gasteiger partial charge on any atom is 0.191 e. The summed E-state index contributed by atoms with van der Waals surface area (Å²) < 4.78 is 36.3. The van der Waals surface area contributed by atoms with Crippen LogP contribution < -0.4 is 0 Å². The van der Waals surface area contributed by atoms with Gasteiger partial charge in [0.05, 0.1) is 18.8 Å². The van der Waals surface area contributed by atoms with E-state index in [0.717, 1.165) is 24.6 Å². The summed E-state index contributed by atoms with van der Waals surface area (Å²) in [5.74, 6) is -1.97. The molecule has 0 heterocycles. The van der Waals surface area contributed by atoms with Gasteiger partial charge in [-0.1, -0.05) is 6.92 Å². The first kappa shape index (κ1) is 14.7. The lowest BCUT2D eigenvalue weighted by Gasteiger charge is -2.05. The molecular weight excluding hydrogens is 242 g/mol. The van der Waals surface area contributed by atoms with Gasteiger partial charge in [-0.15, -0.1) is 0 Å². The molecule has 0 amide bonds. The van der Waals surface area contributed by atoms with Crippen LogP contribution in [0.25, 0.3) is 0 Å². The fourth-order valence-corrected chi connectivity index (χ4v) is 1.32. The van der Waals surface area contributed by atoms with Crippen LogP contribution in [0.15, 0.2) is 18.2 Å². The number of ketones is 1. The molecule has 0 aliphatic rings. The van der Waals surface area contributed by atoms with Gasteiger partial charge >= 0.3 is 0 Å². The van der Waals surface area contributed by atoms with Gasteiger partial charge in [0.2, 0.25) is 0 Å². The number of hydrogen-bond donors (Lipinski definition) is 0. The van der Waals surface area contributed by atoms with E-state index in [1.807, 2.05) is 6.92 Å². The average Bonchev–Trinajstić information content (AvgIpc) is 2.36. The minimum absolute atomic E-state index is 0.253. The molecule has 3 nitrogen and oxygen atoms in total. The van der Waals surface area contributed by atoms with Crippen molar-refractivity contribution in [2.24, 2.45) is 0 Å². The Morgan fingerprint density at radius 1 is 1.17 bits per heavy atom. The van der Waals surface area contributed by atoms with E-state index in [0.29, 0.717) is 13.2 Å². The molecule has 0 N–H and O–H groups in total. The summed E-state index contributed by atoms with van der Waals surface area (Å²) in [5, 5.41) is 0. The number of hydrogen-bond acceptors (Lipinski definition) is 3. The Bertz CT molecular complexity index is 394. The summed E-state index contributed by atoms with van der Waals surface area (Å²) >= 11 is 0. The van der Waals surface area contributed by atoms with Gasteiger partial charge in [0.1, 0.15) is 18.2 Å². The van der Waals surface area contributed by atoms with Gasteiger partial charge in [-0.05, 0) is 24.6 Å². The topological polar surface area (TPSA) is 35.5 Å². The predicted molar refractivity (Wildman–Crippen MR) is 62.6 cm³/mol. The molecule has 0 spiro atoms. The SMILES string of the molecule is CCCOCCOCC(=O)c1cc(F)ccc1F. The molecule has 0 aliphatic carbocycles. The van der Waals surface area contributed by atoms with Crippen molar-refractivity contribution in [3.05, 3.63) is 35.4 Å². The van der Waals surface area contributed by atoms with Crippen LogP contribution in [-0.4, -0.2) is 32.2 Å². The van der Waals surface area contributed by atoms with Crippen LogP contribution in [0, 0.1) is 11.6 Å². The fourth-order valence-electron chi connectivity index (χ4n) is 1.32. The van der Waals surface area contributed by atoms with Crippen molar-refractivity contribution in [2.45, 2.75) is 13.3 Å². The molecule has 1 rings (SSSR count). The van der Waals surface area contributed by atoms with Crippen LogP contribution in [0.3, 0.4) is 0 Å². The molecule has 0 bridgehead atoms. The molecule has 0 aliphatic heterocycles. The zero-order chi connectivity index (χ0) is 13.4. The van der Waals surface area contributed by atoms with Gasteiger partial charge in [0, 0.05) is 6.61 Å². The molecule has 1 aromatic carbocycles. The summed E-state index contributed by atoms with van der Waals surface area (Å²) in [5.41, 5.74) is -0.288. The second kappa shape index (κ2) is 7.89. The molecule has 0 saturated carbocycles. The summed E-state index contributed by atoms with van der Waals surface area (Å²) in [6.07, 6.45) is 0.910. The van der Waals surface area contributed by atoms with E-state index >= 15 is 0 Å². The monoisotopic (exact) mass is 258 g/mol. The third-order valence-electron chi connectivity index (χ3n) is 2.18. The highest BCUT2D eigenvalue weighted by molar-refractivity contribution is 5.97. The Morgan fingerprint density at radius 3 is 2.61 bits per heavy atom. The first-order valence-corrected chi connectivity index (χ1v) is 5.79. The van der Waals surface area contributed by atoms with Gasteiger partial charge in [-0.2, -0.15) is 0 Å². The molecule has 0 fully saturated rings. The van der Waals surface area contributed by atoms with E-state index < -0.39 is 17.4 Å². The zero-order valence-corrected chi connectivity index (χ0v) is 10.2. The van der Waals surface area contributed by atoms with Crippen LogP contribution in [0.5, 0.6) is 0 Å². The maximum atomic E-state index is 13.2.